The minimum absolute atomic E-state index is 0.0289. The van der Waals surface area contributed by atoms with Crippen LogP contribution < -0.4 is 0 Å². The lowest BCUT2D eigenvalue weighted by molar-refractivity contribution is 0.0140. The van der Waals surface area contributed by atoms with Crippen LogP contribution in [-0.2, 0) is 4.74 Å². The first-order valence-electron chi connectivity index (χ1n) is 6.77. The van der Waals surface area contributed by atoms with Gasteiger partial charge in [0.25, 0.3) is 5.91 Å². The lowest BCUT2D eigenvalue weighted by Gasteiger charge is -2.35. The third-order valence-corrected chi connectivity index (χ3v) is 3.05. The van der Waals surface area contributed by atoms with Crippen molar-refractivity contribution in [1.29, 1.82) is 0 Å². The molecule has 0 bridgehead atoms. The lowest BCUT2D eigenvalue weighted by atomic mass is 10.2. The Kier molecular flexibility index (Phi) is 4.01. The van der Waals surface area contributed by atoms with Gasteiger partial charge in [0.05, 0.1) is 0 Å². The number of rotatable bonds is 1. The number of piperazine rings is 1. The van der Waals surface area contributed by atoms with Crippen LogP contribution in [0, 0.1) is 0 Å². The molecule has 6 heteroatoms. The van der Waals surface area contributed by atoms with Gasteiger partial charge in [-0.25, -0.2) is 4.79 Å². The van der Waals surface area contributed by atoms with Crippen LogP contribution in [0.2, 0.25) is 0 Å². The molecule has 0 aromatic carbocycles. The molecule has 1 aromatic heterocycles. The van der Waals surface area contributed by atoms with Crippen molar-refractivity contribution >= 4 is 12.0 Å². The molecular weight excluding hydrogens is 258 g/mol. The summed E-state index contributed by atoms with van der Waals surface area (Å²) in [6.45, 7) is 7.58. The van der Waals surface area contributed by atoms with E-state index in [1.54, 1.807) is 28.1 Å². The van der Waals surface area contributed by atoms with Gasteiger partial charge in [0, 0.05) is 32.4 Å². The van der Waals surface area contributed by atoms with E-state index in [0.717, 1.165) is 0 Å². The second-order valence-electron chi connectivity index (χ2n) is 5.84. The van der Waals surface area contributed by atoms with E-state index in [1.807, 2.05) is 20.8 Å². The van der Waals surface area contributed by atoms with Crippen LogP contribution >= 0.6 is 0 Å². The summed E-state index contributed by atoms with van der Waals surface area (Å²) in [7, 11) is 0. The Morgan fingerprint density at radius 3 is 2.25 bits per heavy atom. The highest BCUT2D eigenvalue weighted by Gasteiger charge is 2.28. The summed E-state index contributed by atoms with van der Waals surface area (Å²) in [5, 5.41) is 0. The van der Waals surface area contributed by atoms with Crippen LogP contribution in [-0.4, -0.2) is 58.6 Å². The molecule has 1 aliphatic heterocycles. The van der Waals surface area contributed by atoms with Crippen molar-refractivity contribution in [1.82, 2.24) is 14.8 Å². The third-order valence-electron chi connectivity index (χ3n) is 3.05. The molecule has 0 radical (unpaired) electrons. The third kappa shape index (κ3) is 3.53. The lowest BCUT2D eigenvalue weighted by Crippen LogP contribution is -2.51. The van der Waals surface area contributed by atoms with E-state index in [1.165, 1.54) is 0 Å². The van der Waals surface area contributed by atoms with Gasteiger partial charge in [0.2, 0.25) is 0 Å². The number of hydrogen-bond donors (Lipinski definition) is 1. The summed E-state index contributed by atoms with van der Waals surface area (Å²) in [5.74, 6) is -0.0289. The van der Waals surface area contributed by atoms with E-state index < -0.39 is 5.60 Å². The Morgan fingerprint density at radius 1 is 1.15 bits per heavy atom. The van der Waals surface area contributed by atoms with Gasteiger partial charge in [0.15, 0.2) is 0 Å². The molecule has 2 heterocycles. The zero-order valence-corrected chi connectivity index (χ0v) is 12.2. The second kappa shape index (κ2) is 5.56. The normalized spacial score (nSPS) is 16.1. The van der Waals surface area contributed by atoms with E-state index in [9.17, 15) is 9.59 Å². The van der Waals surface area contributed by atoms with Crippen molar-refractivity contribution in [3.05, 3.63) is 24.0 Å². The van der Waals surface area contributed by atoms with Crippen molar-refractivity contribution in [2.75, 3.05) is 26.2 Å². The van der Waals surface area contributed by atoms with Crippen LogP contribution in [0.25, 0.3) is 0 Å². The Bertz CT molecular complexity index is 468. The molecule has 110 valence electrons. The zero-order valence-electron chi connectivity index (χ0n) is 12.2. The average molecular weight is 279 g/mol. The Morgan fingerprint density at radius 2 is 1.75 bits per heavy atom. The highest BCUT2D eigenvalue weighted by molar-refractivity contribution is 5.92. The summed E-state index contributed by atoms with van der Waals surface area (Å²) in [6, 6.07) is 3.55. The second-order valence-corrected chi connectivity index (χ2v) is 5.84. The fraction of sp³-hybridized carbons (Fsp3) is 0.571. The van der Waals surface area contributed by atoms with Gasteiger partial charge in [-0.1, -0.05) is 0 Å². The van der Waals surface area contributed by atoms with E-state index in [-0.39, 0.29) is 12.0 Å². The Labute approximate surface area is 118 Å². The number of aromatic nitrogens is 1. The fourth-order valence-electron chi connectivity index (χ4n) is 2.05. The highest BCUT2D eigenvalue weighted by Crippen LogP contribution is 2.13. The van der Waals surface area contributed by atoms with Crippen LogP contribution in [0.4, 0.5) is 4.79 Å². The summed E-state index contributed by atoms with van der Waals surface area (Å²) < 4.78 is 5.32. The number of nitrogens with one attached hydrogen (secondary N) is 1. The monoisotopic (exact) mass is 279 g/mol. The number of hydrogen-bond acceptors (Lipinski definition) is 3. The maximum absolute atomic E-state index is 12.1. The summed E-state index contributed by atoms with van der Waals surface area (Å²) in [4.78, 5) is 30.3. The number of carbonyl (C=O) groups is 2. The van der Waals surface area contributed by atoms with Crippen LogP contribution in [0.1, 0.15) is 31.3 Å². The number of ether oxygens (including phenoxy) is 1. The Balaban J connectivity index is 1.86. The SMILES string of the molecule is CC(C)(C)OC(=O)N1CCN(C(=O)c2ccc[nH]2)CC1. The minimum Gasteiger partial charge on any atom is -0.444 e. The van der Waals surface area contributed by atoms with Crippen molar-refractivity contribution in [2.24, 2.45) is 0 Å². The fourth-order valence-corrected chi connectivity index (χ4v) is 2.05. The molecule has 2 amide bonds. The molecule has 0 aliphatic carbocycles. The molecule has 1 aromatic rings. The van der Waals surface area contributed by atoms with Crippen molar-refractivity contribution in [2.45, 2.75) is 26.4 Å². The maximum atomic E-state index is 12.1. The quantitative estimate of drug-likeness (QED) is 0.851. The van der Waals surface area contributed by atoms with Crippen LogP contribution in [0.15, 0.2) is 18.3 Å². The molecule has 1 aliphatic rings. The van der Waals surface area contributed by atoms with Gasteiger partial charge >= 0.3 is 6.09 Å². The largest absolute Gasteiger partial charge is 0.444 e. The molecule has 1 N–H and O–H groups in total. The first kappa shape index (κ1) is 14.4. The zero-order chi connectivity index (χ0) is 14.8. The minimum atomic E-state index is -0.492. The summed E-state index contributed by atoms with van der Waals surface area (Å²) in [5.41, 5.74) is 0.0876. The smallest absolute Gasteiger partial charge is 0.410 e. The van der Waals surface area contributed by atoms with Crippen LogP contribution in [0.5, 0.6) is 0 Å². The first-order chi connectivity index (χ1) is 9.37. The molecule has 0 atom stereocenters. The Hall–Kier alpha value is -1.98. The molecule has 6 nitrogen and oxygen atoms in total. The molecule has 0 saturated carbocycles. The van der Waals surface area contributed by atoms with E-state index >= 15 is 0 Å². The molecule has 1 fully saturated rings. The first-order valence-corrected chi connectivity index (χ1v) is 6.77. The molecule has 20 heavy (non-hydrogen) atoms. The maximum Gasteiger partial charge on any atom is 0.410 e. The molecule has 2 rings (SSSR count). The molecule has 0 spiro atoms. The highest BCUT2D eigenvalue weighted by atomic mass is 16.6. The number of aromatic amines is 1. The van der Waals surface area contributed by atoms with E-state index in [0.29, 0.717) is 31.9 Å². The van der Waals surface area contributed by atoms with Crippen molar-refractivity contribution in [3.63, 3.8) is 0 Å². The number of carbonyl (C=O) groups excluding carboxylic acids is 2. The van der Waals surface area contributed by atoms with E-state index in [2.05, 4.69) is 4.98 Å². The predicted octanol–water partition coefficient (Wildman–Crippen LogP) is 1.71. The average Bonchev–Trinajstić information content (AvgIpc) is 2.90. The van der Waals surface area contributed by atoms with Crippen molar-refractivity contribution in [3.8, 4) is 0 Å². The number of amides is 2. The number of nitrogens with zero attached hydrogens (tertiary/aromatic N) is 2. The summed E-state index contributed by atoms with van der Waals surface area (Å²) in [6.07, 6.45) is 1.41. The van der Waals surface area contributed by atoms with Crippen molar-refractivity contribution < 1.29 is 14.3 Å². The standard InChI is InChI=1S/C14H21N3O3/c1-14(2,3)20-13(19)17-9-7-16(8-10-17)12(18)11-5-4-6-15-11/h4-6,15H,7-10H2,1-3H3. The topological polar surface area (TPSA) is 65.6 Å². The van der Waals surface area contributed by atoms with Gasteiger partial charge < -0.3 is 19.5 Å². The van der Waals surface area contributed by atoms with Gasteiger partial charge in [-0.05, 0) is 32.9 Å². The predicted molar refractivity (Wildman–Crippen MR) is 74.5 cm³/mol. The molecule has 0 unspecified atom stereocenters. The van der Waals surface area contributed by atoms with Crippen LogP contribution in [0.3, 0.4) is 0 Å². The van der Waals surface area contributed by atoms with E-state index in [4.69, 9.17) is 4.74 Å². The molecular formula is C14H21N3O3. The molecule has 1 saturated heterocycles. The summed E-state index contributed by atoms with van der Waals surface area (Å²) >= 11 is 0. The number of H-pyrrole nitrogens is 1. The van der Waals surface area contributed by atoms with Gasteiger partial charge in [0.1, 0.15) is 11.3 Å². The van der Waals surface area contributed by atoms with Gasteiger partial charge in [-0.2, -0.15) is 0 Å². The van der Waals surface area contributed by atoms with Gasteiger partial charge in [-0.3, -0.25) is 4.79 Å². The van der Waals surface area contributed by atoms with Gasteiger partial charge in [-0.15, -0.1) is 0 Å².